The average molecular weight is 637 g/mol. The van der Waals surface area contributed by atoms with Crippen LogP contribution in [-0.4, -0.2) is 44.3 Å². The molecule has 0 aromatic heterocycles. The first-order chi connectivity index (χ1) is 22.5. The van der Waals surface area contributed by atoms with Crippen LogP contribution in [0.15, 0.2) is 67.8 Å². The summed E-state index contributed by atoms with van der Waals surface area (Å²) in [6.07, 6.45) is 16.8. The lowest BCUT2D eigenvalue weighted by Crippen LogP contribution is -2.10. The summed E-state index contributed by atoms with van der Waals surface area (Å²) in [7, 11) is 0. The number of ether oxygens (including phenoxy) is 5. The van der Waals surface area contributed by atoms with Gasteiger partial charge in [-0.3, -0.25) is 0 Å². The van der Waals surface area contributed by atoms with Crippen molar-refractivity contribution in [1.29, 1.82) is 0 Å². The lowest BCUT2D eigenvalue weighted by atomic mass is 10.1. The third kappa shape index (κ3) is 16.3. The first kappa shape index (κ1) is 38.1. The zero-order valence-corrected chi connectivity index (χ0v) is 27.6. The molecule has 2 aromatic carbocycles. The summed E-state index contributed by atoms with van der Waals surface area (Å²) in [4.78, 5) is 34.9. The predicted octanol–water partition coefficient (Wildman–Crippen LogP) is 8.89. The van der Waals surface area contributed by atoms with E-state index in [2.05, 4.69) is 13.2 Å². The zero-order chi connectivity index (χ0) is 33.2. The van der Waals surface area contributed by atoms with Gasteiger partial charge in [-0.1, -0.05) is 95.6 Å². The third-order valence-electron chi connectivity index (χ3n) is 7.44. The van der Waals surface area contributed by atoms with Crippen LogP contribution in [-0.2, 0) is 19.1 Å². The molecule has 0 saturated heterocycles. The van der Waals surface area contributed by atoms with Crippen molar-refractivity contribution in [2.45, 2.75) is 96.8 Å². The van der Waals surface area contributed by atoms with Crippen molar-refractivity contribution in [3.8, 4) is 17.2 Å². The van der Waals surface area contributed by atoms with Gasteiger partial charge >= 0.3 is 17.9 Å². The summed E-state index contributed by atoms with van der Waals surface area (Å²) in [6, 6.07) is 12.5. The highest BCUT2D eigenvalue weighted by Crippen LogP contribution is 2.38. The topological polar surface area (TPSA) is 97.4 Å². The van der Waals surface area contributed by atoms with Crippen molar-refractivity contribution < 1.29 is 38.1 Å². The molecule has 8 heteroatoms. The van der Waals surface area contributed by atoms with Gasteiger partial charge in [-0.15, -0.1) is 0 Å². The Hall–Kier alpha value is -4.07. The molecule has 0 heterocycles. The van der Waals surface area contributed by atoms with Gasteiger partial charge in [0.05, 0.1) is 32.0 Å². The molecule has 0 N–H and O–H groups in total. The number of benzene rings is 2. The minimum Gasteiger partial charge on any atom is -0.490 e. The van der Waals surface area contributed by atoms with E-state index in [0.29, 0.717) is 49.2 Å². The van der Waals surface area contributed by atoms with Gasteiger partial charge in [0, 0.05) is 17.7 Å². The Morgan fingerprint density at radius 1 is 0.565 bits per heavy atom. The smallest absolute Gasteiger partial charge is 0.343 e. The maximum absolute atomic E-state index is 12.7. The average Bonchev–Trinajstić information content (AvgIpc) is 3.08. The highest BCUT2D eigenvalue weighted by Gasteiger charge is 2.17. The number of carbonyl (C=O) groups is 3. The molecule has 2 rings (SSSR count). The molecule has 252 valence electrons. The van der Waals surface area contributed by atoms with Crippen molar-refractivity contribution in [2.75, 3.05) is 26.4 Å². The quantitative estimate of drug-likeness (QED) is 0.0437. The molecular formula is C38H52O8. The van der Waals surface area contributed by atoms with Gasteiger partial charge in [0.15, 0.2) is 11.5 Å². The molecule has 0 aliphatic carbocycles. The van der Waals surface area contributed by atoms with Gasteiger partial charge in [-0.05, 0) is 56.9 Å². The lowest BCUT2D eigenvalue weighted by molar-refractivity contribution is -0.138. The summed E-state index contributed by atoms with van der Waals surface area (Å²) in [6.45, 7) is 10.7. The van der Waals surface area contributed by atoms with E-state index in [4.69, 9.17) is 23.7 Å². The summed E-state index contributed by atoms with van der Waals surface area (Å²) in [5.74, 6) is 0.577. The maximum Gasteiger partial charge on any atom is 0.343 e. The normalized spacial score (nSPS) is 10.5. The molecule has 0 saturated carbocycles. The number of unbranched alkanes of at least 4 members (excludes halogenated alkanes) is 12. The maximum atomic E-state index is 12.7. The Morgan fingerprint density at radius 2 is 1.00 bits per heavy atom. The van der Waals surface area contributed by atoms with E-state index in [9.17, 15) is 14.4 Å². The van der Waals surface area contributed by atoms with Crippen molar-refractivity contribution in [1.82, 2.24) is 0 Å². The fourth-order valence-electron chi connectivity index (χ4n) is 4.78. The minimum absolute atomic E-state index is 0.364. The minimum atomic E-state index is -0.417. The van der Waals surface area contributed by atoms with E-state index >= 15 is 0 Å². The first-order valence-electron chi connectivity index (χ1n) is 16.7. The van der Waals surface area contributed by atoms with Crippen molar-refractivity contribution in [3.05, 3.63) is 78.9 Å². The summed E-state index contributed by atoms with van der Waals surface area (Å²) >= 11 is 0. The molecule has 0 unspecified atom stereocenters. The van der Waals surface area contributed by atoms with E-state index in [1.807, 2.05) is 19.1 Å². The number of rotatable bonds is 26. The third-order valence-corrected chi connectivity index (χ3v) is 7.44. The standard InChI is InChI=1S/C38H52O8/c1-4-35(39)43-28-20-13-9-6-8-12-19-27-42-34-26-25-33(46-38(41)32-23-17-16-18-24-32)31(3)37(34)45-30-22-15-11-7-10-14-21-29-44-36(40)5-2/h4-5,16-18,23-26H,1-2,6-15,19-22,27-30H2,3H3. The molecule has 0 radical (unpaired) electrons. The van der Waals surface area contributed by atoms with Crippen LogP contribution in [0.3, 0.4) is 0 Å². The van der Waals surface area contributed by atoms with Gasteiger partial charge in [0.2, 0.25) is 0 Å². The summed E-state index contributed by atoms with van der Waals surface area (Å²) in [5.41, 5.74) is 1.22. The Labute approximate surface area is 275 Å². The molecule has 2 aromatic rings. The SMILES string of the molecule is C=CC(=O)OCCCCCCCCCOc1ccc(OC(=O)c2ccccc2)c(C)c1OCCCCCCCCCOC(=O)C=C. The van der Waals surface area contributed by atoms with E-state index in [1.54, 1.807) is 30.3 Å². The van der Waals surface area contributed by atoms with Crippen LogP contribution in [0.2, 0.25) is 0 Å². The molecule has 0 amide bonds. The van der Waals surface area contributed by atoms with Gasteiger partial charge in [0.25, 0.3) is 0 Å². The van der Waals surface area contributed by atoms with Gasteiger partial charge in [-0.25, -0.2) is 14.4 Å². The second kappa shape index (κ2) is 24.2. The van der Waals surface area contributed by atoms with Gasteiger partial charge in [-0.2, -0.15) is 0 Å². The molecule has 8 nitrogen and oxygen atoms in total. The second-order valence-corrected chi connectivity index (χ2v) is 11.2. The van der Waals surface area contributed by atoms with Crippen molar-refractivity contribution in [3.63, 3.8) is 0 Å². The Kier molecular flexibility index (Phi) is 20.1. The van der Waals surface area contributed by atoms with Crippen LogP contribution in [0, 0.1) is 6.92 Å². The predicted molar refractivity (Wildman–Crippen MR) is 181 cm³/mol. The van der Waals surface area contributed by atoms with Gasteiger partial charge in [0.1, 0.15) is 5.75 Å². The fraction of sp³-hybridized carbons (Fsp3) is 0.500. The second-order valence-electron chi connectivity index (χ2n) is 11.2. The molecule has 0 fully saturated rings. The van der Waals surface area contributed by atoms with E-state index in [0.717, 1.165) is 95.5 Å². The van der Waals surface area contributed by atoms with Crippen LogP contribution in [0.1, 0.15) is 106 Å². The molecule has 0 aliphatic rings. The largest absolute Gasteiger partial charge is 0.490 e. The number of esters is 3. The molecule has 0 atom stereocenters. The number of carbonyl (C=O) groups excluding carboxylic acids is 3. The summed E-state index contributed by atoms with van der Waals surface area (Å²) < 4.78 is 28.2. The molecule has 0 spiro atoms. The monoisotopic (exact) mass is 636 g/mol. The Balaban J connectivity index is 1.78. The zero-order valence-electron chi connectivity index (χ0n) is 27.6. The summed E-state index contributed by atoms with van der Waals surface area (Å²) in [5, 5.41) is 0. The van der Waals surface area contributed by atoms with Gasteiger partial charge < -0.3 is 23.7 Å². The molecule has 0 aliphatic heterocycles. The highest BCUT2D eigenvalue weighted by atomic mass is 16.5. The van der Waals surface area contributed by atoms with Crippen LogP contribution >= 0.6 is 0 Å². The van der Waals surface area contributed by atoms with E-state index < -0.39 is 5.97 Å². The van der Waals surface area contributed by atoms with Crippen LogP contribution < -0.4 is 14.2 Å². The molecule has 0 bridgehead atoms. The molecular weight excluding hydrogens is 584 g/mol. The fourth-order valence-corrected chi connectivity index (χ4v) is 4.78. The van der Waals surface area contributed by atoms with E-state index in [1.165, 1.54) is 12.2 Å². The van der Waals surface area contributed by atoms with Crippen LogP contribution in [0.4, 0.5) is 0 Å². The van der Waals surface area contributed by atoms with E-state index in [-0.39, 0.29) is 11.9 Å². The Bertz CT molecular complexity index is 1190. The highest BCUT2D eigenvalue weighted by molar-refractivity contribution is 5.91. The van der Waals surface area contributed by atoms with Crippen molar-refractivity contribution in [2.24, 2.45) is 0 Å². The number of hydrogen-bond acceptors (Lipinski definition) is 8. The first-order valence-corrected chi connectivity index (χ1v) is 16.7. The van der Waals surface area contributed by atoms with Crippen molar-refractivity contribution >= 4 is 17.9 Å². The van der Waals surface area contributed by atoms with Crippen LogP contribution in [0.25, 0.3) is 0 Å². The Morgan fingerprint density at radius 3 is 1.50 bits per heavy atom. The number of hydrogen-bond donors (Lipinski definition) is 0. The van der Waals surface area contributed by atoms with Crippen LogP contribution in [0.5, 0.6) is 17.2 Å². The molecule has 46 heavy (non-hydrogen) atoms. The lowest BCUT2D eigenvalue weighted by Gasteiger charge is -2.17.